The minimum atomic E-state index is -0.380. The first-order chi connectivity index (χ1) is 12.4. The molecule has 4 rings (SSSR count). The van der Waals surface area contributed by atoms with Crippen LogP contribution >= 0.6 is 46.4 Å². The molecule has 0 saturated heterocycles. The number of nitriles is 1. The average Bonchev–Trinajstić information content (AvgIpc) is 3.51. The maximum absolute atomic E-state index is 8.93. The number of halogens is 4. The molecule has 0 bridgehead atoms. The van der Waals surface area contributed by atoms with Crippen molar-refractivity contribution < 1.29 is 0 Å². The molecule has 136 valence electrons. The summed E-state index contributed by atoms with van der Waals surface area (Å²) in [5.41, 5.74) is 7.25. The van der Waals surface area contributed by atoms with E-state index in [1.165, 1.54) is 0 Å². The summed E-state index contributed by atoms with van der Waals surface area (Å²) < 4.78 is 0. The van der Waals surface area contributed by atoms with Crippen LogP contribution in [-0.4, -0.2) is 16.5 Å². The first-order valence-corrected chi connectivity index (χ1v) is 9.61. The SMILES string of the molecule is N#CC1(c2cnc(Cl)cc2Cl)CC1.NCC1(c2cnc(Cl)cc2Cl)CC1. The highest BCUT2D eigenvalue weighted by Gasteiger charge is 2.46. The van der Waals surface area contributed by atoms with Crippen molar-refractivity contribution in [2.75, 3.05) is 6.54 Å². The van der Waals surface area contributed by atoms with Crippen molar-refractivity contribution in [1.29, 1.82) is 5.26 Å². The smallest absolute Gasteiger partial charge is 0.130 e. The molecule has 0 unspecified atom stereocenters. The zero-order valence-electron chi connectivity index (χ0n) is 13.8. The topological polar surface area (TPSA) is 75.6 Å². The van der Waals surface area contributed by atoms with E-state index in [4.69, 9.17) is 57.4 Å². The highest BCUT2D eigenvalue weighted by molar-refractivity contribution is 6.35. The van der Waals surface area contributed by atoms with Crippen LogP contribution in [0.1, 0.15) is 36.8 Å². The number of hydrogen-bond acceptors (Lipinski definition) is 4. The number of hydrogen-bond donors (Lipinski definition) is 1. The molecular weight excluding hydrogens is 414 g/mol. The van der Waals surface area contributed by atoms with Gasteiger partial charge in [0, 0.05) is 40.0 Å². The molecule has 0 aromatic carbocycles. The fraction of sp³-hybridized carbons (Fsp3) is 0.389. The maximum atomic E-state index is 8.93. The van der Waals surface area contributed by atoms with Gasteiger partial charge >= 0.3 is 0 Å². The highest BCUT2D eigenvalue weighted by Crippen LogP contribution is 2.50. The molecule has 8 heteroatoms. The molecule has 0 radical (unpaired) electrons. The molecular formula is C18H16Cl4N4. The van der Waals surface area contributed by atoms with E-state index in [-0.39, 0.29) is 10.8 Å². The van der Waals surface area contributed by atoms with Gasteiger partial charge in [0.25, 0.3) is 0 Å². The van der Waals surface area contributed by atoms with Crippen LogP contribution in [-0.2, 0) is 10.8 Å². The monoisotopic (exact) mass is 428 g/mol. The van der Waals surface area contributed by atoms with Crippen LogP contribution < -0.4 is 5.73 Å². The lowest BCUT2D eigenvalue weighted by atomic mass is 9.98. The van der Waals surface area contributed by atoms with E-state index < -0.39 is 0 Å². The summed E-state index contributed by atoms with van der Waals surface area (Å²) >= 11 is 23.4. The van der Waals surface area contributed by atoms with Gasteiger partial charge < -0.3 is 5.73 Å². The third kappa shape index (κ3) is 3.93. The zero-order valence-corrected chi connectivity index (χ0v) is 16.8. The lowest BCUT2D eigenvalue weighted by Gasteiger charge is -2.13. The summed E-state index contributed by atoms with van der Waals surface area (Å²) in [6.45, 7) is 0.635. The Morgan fingerprint density at radius 1 is 0.923 bits per heavy atom. The van der Waals surface area contributed by atoms with Gasteiger partial charge in [0.2, 0.25) is 0 Å². The van der Waals surface area contributed by atoms with E-state index in [0.29, 0.717) is 26.9 Å². The predicted molar refractivity (Wildman–Crippen MR) is 105 cm³/mol. The molecule has 2 saturated carbocycles. The number of nitrogens with zero attached hydrogens (tertiary/aromatic N) is 3. The molecule has 0 spiro atoms. The normalized spacial score (nSPS) is 18.3. The molecule has 4 nitrogen and oxygen atoms in total. The summed E-state index contributed by atoms with van der Waals surface area (Å²) in [6, 6.07) is 5.52. The second-order valence-electron chi connectivity index (χ2n) is 6.65. The Bertz CT molecular complexity index is 870. The van der Waals surface area contributed by atoms with Crippen LogP contribution in [0.5, 0.6) is 0 Å². The molecule has 2 aliphatic carbocycles. The van der Waals surface area contributed by atoms with E-state index in [1.807, 2.05) is 0 Å². The van der Waals surface area contributed by atoms with E-state index in [2.05, 4.69) is 16.0 Å². The Morgan fingerprint density at radius 3 is 1.77 bits per heavy atom. The Labute approximate surface area is 172 Å². The maximum Gasteiger partial charge on any atom is 0.130 e. The summed E-state index contributed by atoms with van der Waals surface area (Å²) in [7, 11) is 0. The van der Waals surface area contributed by atoms with Gasteiger partial charge in [0.15, 0.2) is 0 Å². The van der Waals surface area contributed by atoms with Gasteiger partial charge in [-0.05, 0) is 43.4 Å². The molecule has 26 heavy (non-hydrogen) atoms. The third-order valence-electron chi connectivity index (χ3n) is 4.94. The van der Waals surface area contributed by atoms with Crippen LogP contribution in [0.2, 0.25) is 20.4 Å². The van der Waals surface area contributed by atoms with Crippen molar-refractivity contribution in [2.24, 2.45) is 5.73 Å². The first kappa shape index (κ1) is 19.7. The van der Waals surface area contributed by atoms with Crippen LogP contribution in [0.15, 0.2) is 24.5 Å². The summed E-state index contributed by atoms with van der Waals surface area (Å²) in [6.07, 6.45) is 7.28. The van der Waals surface area contributed by atoms with Gasteiger partial charge in [-0.1, -0.05) is 46.4 Å². The van der Waals surface area contributed by atoms with Crippen molar-refractivity contribution in [3.8, 4) is 6.07 Å². The van der Waals surface area contributed by atoms with Crippen molar-refractivity contribution >= 4 is 46.4 Å². The van der Waals surface area contributed by atoms with Gasteiger partial charge in [-0.2, -0.15) is 5.26 Å². The van der Waals surface area contributed by atoms with E-state index in [1.54, 1.807) is 24.5 Å². The molecule has 2 N–H and O–H groups in total. The molecule has 2 aliphatic rings. The Hall–Kier alpha value is -1.09. The molecule has 2 aromatic heterocycles. The molecule has 2 fully saturated rings. The minimum absolute atomic E-state index is 0.0919. The van der Waals surface area contributed by atoms with E-state index >= 15 is 0 Å². The second-order valence-corrected chi connectivity index (χ2v) is 8.24. The lowest BCUT2D eigenvalue weighted by Crippen LogP contribution is -2.20. The molecule has 2 heterocycles. The number of rotatable bonds is 3. The first-order valence-electron chi connectivity index (χ1n) is 8.10. The van der Waals surface area contributed by atoms with Crippen LogP contribution in [0.3, 0.4) is 0 Å². The summed E-state index contributed by atoms with van der Waals surface area (Å²) in [4.78, 5) is 7.94. The average molecular weight is 430 g/mol. The fourth-order valence-corrected chi connectivity index (χ4v) is 3.97. The Kier molecular flexibility index (Phi) is 5.67. The summed E-state index contributed by atoms with van der Waals surface area (Å²) in [5.74, 6) is 0. The number of aromatic nitrogens is 2. The van der Waals surface area contributed by atoms with Gasteiger partial charge in [-0.15, -0.1) is 0 Å². The largest absolute Gasteiger partial charge is 0.330 e. The predicted octanol–water partition coefficient (Wildman–Crippen LogP) is 5.32. The lowest BCUT2D eigenvalue weighted by molar-refractivity contribution is 0.701. The minimum Gasteiger partial charge on any atom is -0.330 e. The van der Waals surface area contributed by atoms with E-state index in [9.17, 15) is 0 Å². The van der Waals surface area contributed by atoms with Crippen LogP contribution in [0.25, 0.3) is 0 Å². The van der Waals surface area contributed by atoms with Crippen molar-refractivity contribution in [2.45, 2.75) is 36.5 Å². The standard InChI is InChI=1S/C9H10Cl2N2.C9H6Cl2N2/c2*10-7-3-8(11)13-4-6(7)9(5-12)1-2-9/h3-4H,1-2,5,12H2;3-4H,1-2H2. The third-order valence-corrected chi connectivity index (χ3v) is 5.97. The number of pyridine rings is 2. The zero-order chi connectivity index (χ0) is 18.9. The van der Waals surface area contributed by atoms with Gasteiger partial charge in [-0.3, -0.25) is 0 Å². The van der Waals surface area contributed by atoms with Crippen molar-refractivity contribution in [1.82, 2.24) is 9.97 Å². The Balaban J connectivity index is 0.000000151. The fourth-order valence-electron chi connectivity index (χ4n) is 2.86. The second kappa shape index (κ2) is 7.50. The highest BCUT2D eigenvalue weighted by atomic mass is 35.5. The quantitative estimate of drug-likeness (QED) is 0.669. The van der Waals surface area contributed by atoms with Gasteiger partial charge in [-0.25, -0.2) is 9.97 Å². The van der Waals surface area contributed by atoms with E-state index in [0.717, 1.165) is 36.8 Å². The molecule has 0 aliphatic heterocycles. The molecule has 0 atom stereocenters. The number of nitrogens with two attached hydrogens (primary N) is 1. The van der Waals surface area contributed by atoms with Crippen molar-refractivity contribution in [3.63, 3.8) is 0 Å². The molecule has 0 amide bonds. The van der Waals surface area contributed by atoms with Gasteiger partial charge in [0.05, 0.1) is 11.5 Å². The molecule has 2 aromatic rings. The summed E-state index contributed by atoms with van der Waals surface area (Å²) in [5, 5.41) is 11.0. The Morgan fingerprint density at radius 2 is 1.42 bits per heavy atom. The van der Waals surface area contributed by atoms with Crippen LogP contribution in [0.4, 0.5) is 0 Å². The van der Waals surface area contributed by atoms with Crippen LogP contribution in [0, 0.1) is 11.3 Å². The van der Waals surface area contributed by atoms with Crippen molar-refractivity contribution in [3.05, 3.63) is 56.0 Å². The van der Waals surface area contributed by atoms with Gasteiger partial charge in [0.1, 0.15) is 10.3 Å².